The van der Waals surface area contributed by atoms with Gasteiger partial charge in [-0.25, -0.2) is 0 Å². The van der Waals surface area contributed by atoms with Crippen LogP contribution in [0.5, 0.6) is 0 Å². The predicted octanol–water partition coefficient (Wildman–Crippen LogP) is 2.52. The lowest BCUT2D eigenvalue weighted by Crippen LogP contribution is -2.58. The van der Waals surface area contributed by atoms with Gasteiger partial charge in [-0.2, -0.15) is 0 Å². The normalized spacial score (nSPS) is 25.4. The van der Waals surface area contributed by atoms with E-state index in [0.717, 1.165) is 37.1 Å². The first kappa shape index (κ1) is 21.3. The Kier molecular flexibility index (Phi) is 7.36. The van der Waals surface area contributed by atoms with E-state index in [1.54, 1.807) is 6.26 Å². The summed E-state index contributed by atoms with van der Waals surface area (Å²) in [5.74, 6) is 2.49. The topological polar surface area (TPSA) is 56.6 Å². The molecule has 6 nitrogen and oxygen atoms in total. The van der Waals surface area contributed by atoms with E-state index in [0.29, 0.717) is 17.7 Å². The third kappa shape index (κ3) is 5.80. The molecule has 5 rings (SSSR count). The van der Waals surface area contributed by atoms with Gasteiger partial charge < -0.3 is 20.0 Å². The monoisotopic (exact) mass is 427 g/mol. The van der Waals surface area contributed by atoms with E-state index >= 15 is 0 Å². The Bertz CT molecular complexity index is 784. The van der Waals surface area contributed by atoms with Crippen molar-refractivity contribution in [3.8, 4) is 0 Å². The van der Waals surface area contributed by atoms with Crippen molar-refractivity contribution in [3.05, 3.63) is 54.2 Å². The molecule has 162 valence electrons. The summed E-state index contributed by atoms with van der Waals surface area (Å²) < 4.78 is 5.34. The molecule has 5 heterocycles. The maximum absolute atomic E-state index is 5.44. The molecule has 3 fully saturated rings. The summed E-state index contributed by atoms with van der Waals surface area (Å²) in [4.78, 5) is 9.60. The minimum absolute atomic E-state index is 0.585. The smallest absolute Gasteiger partial charge is 0.166 e. The average molecular weight is 428 g/mol. The molecule has 2 aromatic heterocycles. The Hall–Kier alpha value is -1.96. The summed E-state index contributed by atoms with van der Waals surface area (Å²) in [6.45, 7) is 6.22. The van der Waals surface area contributed by atoms with Crippen LogP contribution in [-0.2, 0) is 13.0 Å². The number of piperidine rings is 3. The highest BCUT2D eigenvalue weighted by Gasteiger charge is 2.40. The van der Waals surface area contributed by atoms with Gasteiger partial charge in [0.25, 0.3) is 0 Å². The summed E-state index contributed by atoms with van der Waals surface area (Å²) in [6, 6.07) is 10.6. The number of nitrogens with zero attached hydrogens (tertiary/aromatic N) is 3. The zero-order valence-corrected chi connectivity index (χ0v) is 18.6. The van der Waals surface area contributed by atoms with Crippen LogP contribution in [0.2, 0.25) is 0 Å². The summed E-state index contributed by atoms with van der Waals surface area (Å²) in [5.41, 5.74) is 1.18. The fraction of sp³-hybridized carbons (Fsp3) is 0.565. The molecule has 2 aromatic rings. The molecule has 0 spiro atoms. The lowest BCUT2D eigenvalue weighted by molar-refractivity contribution is -0.00763. The molecule has 0 radical (unpaired) electrons. The first-order valence-corrected chi connectivity index (χ1v) is 11.4. The van der Waals surface area contributed by atoms with Crippen LogP contribution >= 0.6 is 12.2 Å². The van der Waals surface area contributed by atoms with E-state index in [4.69, 9.17) is 16.6 Å². The Labute approximate surface area is 185 Å². The van der Waals surface area contributed by atoms with Gasteiger partial charge in [0, 0.05) is 50.5 Å². The van der Waals surface area contributed by atoms with E-state index in [1.165, 1.54) is 38.2 Å². The highest BCUT2D eigenvalue weighted by atomic mass is 32.1. The number of thiocarbonyl (C=S) groups is 1. The van der Waals surface area contributed by atoms with Crippen molar-refractivity contribution in [2.24, 2.45) is 11.8 Å². The fourth-order valence-electron chi connectivity index (χ4n) is 4.87. The third-order valence-electron chi connectivity index (χ3n) is 6.54. The van der Waals surface area contributed by atoms with Gasteiger partial charge in [0.2, 0.25) is 0 Å². The molecule has 4 atom stereocenters. The van der Waals surface area contributed by atoms with Crippen LogP contribution in [0, 0.1) is 11.8 Å². The largest absolute Gasteiger partial charge is 0.467 e. The number of furan rings is 1. The maximum atomic E-state index is 5.44. The Balaban J connectivity index is 1.17. The predicted molar refractivity (Wildman–Crippen MR) is 123 cm³/mol. The molecule has 3 saturated heterocycles. The van der Waals surface area contributed by atoms with Crippen molar-refractivity contribution in [1.82, 2.24) is 25.4 Å². The third-order valence-corrected chi connectivity index (χ3v) is 6.83. The standard InChI is InChI=1S/C23H33N5OS/c1-27(10-8-20-5-2-3-9-24-20)16-19-17-28-11-7-18(19)13-21(28)14-25-23(30)26-15-22-6-4-12-29-22/h2-6,9,12,18-19,21H,7-8,10-11,13-17H2,1H3,(H2,25,26,30)/t18-,19-,21+/m0/s1. The molecule has 0 aromatic carbocycles. The van der Waals surface area contributed by atoms with Gasteiger partial charge in [0.05, 0.1) is 12.8 Å². The summed E-state index contributed by atoms with van der Waals surface area (Å²) in [7, 11) is 2.25. The van der Waals surface area contributed by atoms with Crippen LogP contribution < -0.4 is 10.6 Å². The maximum Gasteiger partial charge on any atom is 0.166 e. The molecule has 3 aliphatic rings. The minimum Gasteiger partial charge on any atom is -0.467 e. The number of pyridine rings is 1. The van der Waals surface area contributed by atoms with Crippen LogP contribution in [0.25, 0.3) is 0 Å². The average Bonchev–Trinajstić information content (AvgIpc) is 3.30. The first-order chi connectivity index (χ1) is 14.7. The van der Waals surface area contributed by atoms with E-state index in [1.807, 2.05) is 24.4 Å². The quantitative estimate of drug-likeness (QED) is 0.597. The van der Waals surface area contributed by atoms with E-state index in [-0.39, 0.29) is 0 Å². The molecule has 0 aliphatic carbocycles. The highest BCUT2D eigenvalue weighted by molar-refractivity contribution is 7.80. The van der Waals surface area contributed by atoms with Gasteiger partial charge in [0.1, 0.15) is 5.76 Å². The van der Waals surface area contributed by atoms with Crippen LogP contribution in [0.4, 0.5) is 0 Å². The van der Waals surface area contributed by atoms with Gasteiger partial charge in [0.15, 0.2) is 5.11 Å². The van der Waals surface area contributed by atoms with E-state index in [9.17, 15) is 0 Å². The number of aromatic nitrogens is 1. The molecule has 0 saturated carbocycles. The van der Waals surface area contributed by atoms with E-state index < -0.39 is 0 Å². The number of likely N-dealkylation sites (N-methyl/N-ethyl adjacent to an activating group) is 1. The van der Waals surface area contributed by atoms with Crippen LogP contribution in [-0.4, -0.2) is 65.7 Å². The van der Waals surface area contributed by atoms with Gasteiger partial charge in [-0.1, -0.05) is 6.07 Å². The van der Waals surface area contributed by atoms with Crippen molar-refractivity contribution in [2.75, 3.05) is 39.8 Å². The molecule has 2 N–H and O–H groups in total. The van der Waals surface area contributed by atoms with E-state index in [2.05, 4.69) is 44.6 Å². The summed E-state index contributed by atoms with van der Waals surface area (Å²) in [6.07, 6.45) is 7.19. The van der Waals surface area contributed by atoms with Crippen molar-refractivity contribution in [1.29, 1.82) is 0 Å². The van der Waals surface area contributed by atoms with Gasteiger partial charge in [-0.3, -0.25) is 9.88 Å². The number of rotatable bonds is 9. The Morgan fingerprint density at radius 3 is 2.97 bits per heavy atom. The lowest BCUT2D eigenvalue weighted by Gasteiger charge is -2.50. The van der Waals surface area contributed by atoms with Gasteiger partial charge in [-0.15, -0.1) is 0 Å². The van der Waals surface area contributed by atoms with Gasteiger partial charge in [-0.05, 0) is 74.8 Å². The van der Waals surface area contributed by atoms with Crippen LogP contribution in [0.3, 0.4) is 0 Å². The van der Waals surface area contributed by atoms with Crippen molar-refractivity contribution in [3.63, 3.8) is 0 Å². The SMILES string of the molecule is CN(CCc1ccccn1)C[C@H]1CN2CC[C@H]1C[C@@H]2CNC(=S)NCc1ccco1. The minimum atomic E-state index is 0.585. The van der Waals surface area contributed by atoms with Crippen LogP contribution in [0.1, 0.15) is 24.3 Å². The Morgan fingerprint density at radius 1 is 1.30 bits per heavy atom. The summed E-state index contributed by atoms with van der Waals surface area (Å²) >= 11 is 5.44. The highest BCUT2D eigenvalue weighted by Crippen LogP contribution is 2.36. The first-order valence-electron chi connectivity index (χ1n) is 11.0. The second kappa shape index (κ2) is 10.4. The second-order valence-electron chi connectivity index (χ2n) is 8.67. The zero-order chi connectivity index (χ0) is 20.8. The molecular weight excluding hydrogens is 394 g/mol. The summed E-state index contributed by atoms with van der Waals surface area (Å²) in [5, 5.41) is 7.35. The molecule has 0 amide bonds. The molecule has 30 heavy (non-hydrogen) atoms. The van der Waals surface area contributed by atoms with Crippen molar-refractivity contribution in [2.45, 2.75) is 31.8 Å². The van der Waals surface area contributed by atoms with Gasteiger partial charge >= 0.3 is 0 Å². The number of fused-ring (bicyclic) bond motifs is 3. The van der Waals surface area contributed by atoms with Crippen molar-refractivity contribution >= 4 is 17.3 Å². The molecule has 3 aliphatic heterocycles. The lowest BCUT2D eigenvalue weighted by atomic mass is 9.75. The number of nitrogens with one attached hydrogen (secondary N) is 2. The second-order valence-corrected chi connectivity index (χ2v) is 9.08. The fourth-order valence-corrected chi connectivity index (χ4v) is 5.02. The molecule has 1 unspecified atom stereocenters. The number of hydrogen-bond acceptors (Lipinski definition) is 5. The molecule has 7 heteroatoms. The molecular formula is C23H33N5OS. The molecule has 2 bridgehead atoms. The number of hydrogen-bond donors (Lipinski definition) is 2. The Morgan fingerprint density at radius 2 is 2.23 bits per heavy atom. The van der Waals surface area contributed by atoms with Crippen molar-refractivity contribution < 1.29 is 4.42 Å². The van der Waals surface area contributed by atoms with Crippen LogP contribution in [0.15, 0.2) is 47.2 Å². The zero-order valence-electron chi connectivity index (χ0n) is 17.8.